The molecule has 0 aliphatic rings. The molecule has 0 saturated heterocycles. The number of aromatic nitrogens is 2. The lowest BCUT2D eigenvalue weighted by atomic mass is 9.96. The number of nitrogens with zero attached hydrogens (tertiary/aromatic N) is 3. The van der Waals surface area contributed by atoms with Crippen LogP contribution in [-0.2, 0) is 4.79 Å². The fourth-order valence-electron chi connectivity index (χ4n) is 5.05. The predicted molar refractivity (Wildman–Crippen MR) is 188 cm³/mol. The second-order valence-electron chi connectivity index (χ2n) is 11.0. The normalized spacial score (nSPS) is 11.3. The van der Waals surface area contributed by atoms with E-state index in [0.29, 0.717) is 44.6 Å². The number of benzene rings is 4. The zero-order valence-corrected chi connectivity index (χ0v) is 28.1. The molecule has 1 amide bonds. The van der Waals surface area contributed by atoms with Gasteiger partial charge in [0.25, 0.3) is 11.5 Å². The molecule has 11 heteroatoms. The highest BCUT2D eigenvalue weighted by Crippen LogP contribution is 2.36. The number of anilines is 1. The Bertz CT molecular complexity index is 2020. The zero-order chi connectivity index (χ0) is 33.7. The number of hydrogen-bond acceptors (Lipinski definition) is 7. The van der Waals surface area contributed by atoms with Gasteiger partial charge in [-0.25, -0.2) is 4.98 Å². The van der Waals surface area contributed by atoms with Crippen molar-refractivity contribution in [1.29, 1.82) is 0 Å². The molecule has 1 N–H and O–H groups in total. The summed E-state index contributed by atoms with van der Waals surface area (Å²) in [5.74, 6) is 1.38. The van der Waals surface area contributed by atoms with E-state index in [2.05, 4.69) is 24.3 Å². The minimum Gasteiger partial charge on any atom is -0.494 e. The van der Waals surface area contributed by atoms with E-state index in [9.17, 15) is 9.59 Å². The average Bonchev–Trinajstić information content (AvgIpc) is 3.04. The Morgan fingerprint density at radius 2 is 1.74 bits per heavy atom. The molecule has 242 valence electrons. The van der Waals surface area contributed by atoms with Crippen molar-refractivity contribution in [2.45, 2.75) is 33.6 Å². The van der Waals surface area contributed by atoms with Crippen molar-refractivity contribution in [3.05, 3.63) is 110 Å². The Morgan fingerprint density at radius 1 is 1.00 bits per heavy atom. The summed E-state index contributed by atoms with van der Waals surface area (Å²) in [5.41, 5.74) is 3.70. The van der Waals surface area contributed by atoms with Gasteiger partial charge < -0.3 is 19.5 Å². The molecule has 5 aromatic rings. The predicted octanol–water partition coefficient (Wildman–Crippen LogP) is 8.11. The van der Waals surface area contributed by atoms with Crippen LogP contribution in [0.15, 0.2) is 82.7 Å². The lowest BCUT2D eigenvalue weighted by Gasteiger charge is -2.18. The Balaban J connectivity index is 1.59. The summed E-state index contributed by atoms with van der Waals surface area (Å²) in [7, 11) is 1.46. The maximum Gasteiger partial charge on any atom is 0.282 e. The summed E-state index contributed by atoms with van der Waals surface area (Å²) < 4.78 is 18.7. The Kier molecular flexibility index (Phi) is 10.5. The van der Waals surface area contributed by atoms with Gasteiger partial charge in [0.2, 0.25) is 0 Å². The van der Waals surface area contributed by atoms with E-state index in [4.69, 9.17) is 42.4 Å². The number of fused-ring (bicyclic) bond motifs is 1. The van der Waals surface area contributed by atoms with E-state index in [-0.39, 0.29) is 29.6 Å². The molecule has 0 atom stereocenters. The number of hydrogen-bond donors (Lipinski definition) is 1. The smallest absolute Gasteiger partial charge is 0.282 e. The first-order valence-corrected chi connectivity index (χ1v) is 15.7. The van der Waals surface area contributed by atoms with Crippen molar-refractivity contribution in [3.63, 3.8) is 0 Å². The molecule has 0 aliphatic heterocycles. The number of ether oxygens (including phenoxy) is 3. The van der Waals surface area contributed by atoms with E-state index in [1.165, 1.54) is 18.0 Å². The van der Waals surface area contributed by atoms with Crippen LogP contribution in [0.1, 0.15) is 43.4 Å². The molecular formula is C36H34Cl2N4O5. The van der Waals surface area contributed by atoms with E-state index in [0.717, 1.165) is 22.4 Å². The van der Waals surface area contributed by atoms with E-state index in [1.807, 2.05) is 32.0 Å². The molecular weight excluding hydrogens is 639 g/mol. The zero-order valence-electron chi connectivity index (χ0n) is 26.6. The molecule has 9 nitrogen and oxygen atoms in total. The summed E-state index contributed by atoms with van der Waals surface area (Å²) in [6, 6.07) is 21.0. The third kappa shape index (κ3) is 7.59. The summed E-state index contributed by atoms with van der Waals surface area (Å²) >= 11 is 12.4. The Labute approximate surface area is 282 Å². The minimum atomic E-state index is -0.406. The molecule has 0 aliphatic carbocycles. The quantitative estimate of drug-likeness (QED) is 0.142. The third-order valence-corrected chi connectivity index (χ3v) is 7.80. The molecule has 1 heterocycles. The summed E-state index contributed by atoms with van der Waals surface area (Å²) in [6.45, 7) is 8.24. The van der Waals surface area contributed by atoms with Crippen LogP contribution >= 0.6 is 23.2 Å². The first kappa shape index (κ1) is 33.5. The molecule has 0 spiro atoms. The van der Waals surface area contributed by atoms with Gasteiger partial charge >= 0.3 is 0 Å². The first-order chi connectivity index (χ1) is 22.6. The number of nitrogens with one attached hydrogen (secondary N) is 1. The molecule has 5 rings (SSSR count). The molecule has 0 bridgehead atoms. The Hall–Kier alpha value is -4.86. The van der Waals surface area contributed by atoms with Crippen LogP contribution in [0.3, 0.4) is 0 Å². The number of methoxy groups -OCH3 is 1. The van der Waals surface area contributed by atoms with Crippen LogP contribution in [0, 0.1) is 6.92 Å². The van der Waals surface area contributed by atoms with Crippen LogP contribution in [0.25, 0.3) is 22.3 Å². The van der Waals surface area contributed by atoms with Crippen molar-refractivity contribution < 1.29 is 19.0 Å². The second-order valence-corrected chi connectivity index (χ2v) is 11.8. The average molecular weight is 674 g/mol. The summed E-state index contributed by atoms with van der Waals surface area (Å²) in [5, 5.41) is 8.69. The van der Waals surface area contributed by atoms with E-state index in [1.54, 1.807) is 54.6 Å². The summed E-state index contributed by atoms with van der Waals surface area (Å²) in [4.78, 5) is 31.6. The highest BCUT2D eigenvalue weighted by atomic mass is 35.5. The van der Waals surface area contributed by atoms with Gasteiger partial charge in [0, 0.05) is 32.9 Å². The van der Waals surface area contributed by atoms with Gasteiger partial charge in [-0.05, 0) is 85.5 Å². The van der Waals surface area contributed by atoms with Crippen LogP contribution in [-0.4, -0.2) is 42.1 Å². The molecule has 0 radical (unpaired) electrons. The van der Waals surface area contributed by atoms with E-state index >= 15 is 0 Å². The molecule has 0 saturated carbocycles. The molecule has 0 fully saturated rings. The molecule has 1 aromatic heterocycles. The number of para-hydroxylation sites is 1. The topological polar surface area (TPSA) is 104 Å². The molecule has 4 aromatic carbocycles. The third-order valence-electron chi connectivity index (χ3n) is 7.33. The largest absolute Gasteiger partial charge is 0.494 e. The monoisotopic (exact) mass is 672 g/mol. The maximum atomic E-state index is 14.0. The highest BCUT2D eigenvalue weighted by molar-refractivity contribution is 6.31. The number of carbonyl (C=O) groups is 1. The van der Waals surface area contributed by atoms with Gasteiger partial charge in [-0.2, -0.15) is 9.78 Å². The highest BCUT2D eigenvalue weighted by Gasteiger charge is 2.20. The number of aryl methyl sites for hydroxylation is 1. The van der Waals surface area contributed by atoms with Crippen molar-refractivity contribution in [2.75, 3.05) is 25.6 Å². The van der Waals surface area contributed by atoms with Crippen LogP contribution < -0.4 is 25.1 Å². The van der Waals surface area contributed by atoms with Gasteiger partial charge in [0.1, 0.15) is 5.75 Å². The van der Waals surface area contributed by atoms with Crippen LogP contribution in [0.2, 0.25) is 10.0 Å². The number of halogens is 2. The van der Waals surface area contributed by atoms with E-state index < -0.39 is 5.91 Å². The second kappa shape index (κ2) is 14.7. The molecule has 47 heavy (non-hydrogen) atoms. The standard InChI is InChI=1S/C36H34Cl2N4O5/c1-6-46-31-15-22(4)29(18-28(31)21(2)3)35-41-30-10-8-7-9-27(30)36(44)42(35)39-19-23-16-25(38)17-32(45-5)34(23)47-20-33(43)40-26-13-11-24(37)12-14-26/h7-19,21H,6,20H2,1-5H3,(H,40,43). The summed E-state index contributed by atoms with van der Waals surface area (Å²) in [6.07, 6.45) is 1.44. The van der Waals surface area contributed by atoms with Crippen LogP contribution in [0.5, 0.6) is 17.2 Å². The Morgan fingerprint density at radius 3 is 2.45 bits per heavy atom. The van der Waals surface area contributed by atoms with Gasteiger partial charge in [0.15, 0.2) is 23.9 Å². The van der Waals surface area contributed by atoms with Gasteiger partial charge in [-0.15, -0.1) is 0 Å². The van der Waals surface area contributed by atoms with Gasteiger partial charge in [-0.3, -0.25) is 9.59 Å². The SMILES string of the molecule is CCOc1cc(C)c(-c2nc3ccccc3c(=O)n2N=Cc2cc(Cl)cc(OC)c2OCC(=O)Nc2ccc(Cl)cc2)cc1C(C)C. The fourth-order valence-corrected chi connectivity index (χ4v) is 5.40. The number of carbonyl (C=O) groups excluding carboxylic acids is 1. The lowest BCUT2D eigenvalue weighted by molar-refractivity contribution is -0.118. The fraction of sp³-hybridized carbons (Fsp3) is 0.222. The van der Waals surface area contributed by atoms with Crippen molar-refractivity contribution >= 4 is 51.9 Å². The van der Waals surface area contributed by atoms with Gasteiger partial charge in [0.05, 0.1) is 30.8 Å². The minimum absolute atomic E-state index is 0.149. The van der Waals surface area contributed by atoms with Crippen molar-refractivity contribution in [2.24, 2.45) is 5.10 Å². The van der Waals surface area contributed by atoms with Gasteiger partial charge in [-0.1, -0.05) is 49.2 Å². The number of rotatable bonds is 11. The number of amides is 1. The van der Waals surface area contributed by atoms with Crippen molar-refractivity contribution in [1.82, 2.24) is 9.66 Å². The van der Waals surface area contributed by atoms with Crippen LogP contribution in [0.4, 0.5) is 5.69 Å². The van der Waals surface area contributed by atoms with Crippen molar-refractivity contribution in [3.8, 4) is 28.6 Å². The lowest BCUT2D eigenvalue weighted by Crippen LogP contribution is -2.21. The first-order valence-electron chi connectivity index (χ1n) is 15.0. The maximum absolute atomic E-state index is 14.0. The molecule has 0 unspecified atom stereocenters.